The third kappa shape index (κ3) is 11.4. The van der Waals surface area contributed by atoms with E-state index in [1.54, 1.807) is 11.4 Å². The topological polar surface area (TPSA) is 20.2 Å². The lowest BCUT2D eigenvalue weighted by Crippen LogP contribution is -1.87. The highest BCUT2D eigenvalue weighted by Gasteiger charge is 2.11. The van der Waals surface area contributed by atoms with Crippen LogP contribution in [0.4, 0.5) is 0 Å². The first-order valence-corrected chi connectivity index (χ1v) is 11.1. The van der Waals surface area contributed by atoms with Crippen LogP contribution in [0.15, 0.2) is 0 Å². The van der Waals surface area contributed by atoms with E-state index in [0.717, 1.165) is 24.8 Å². The molecule has 0 aliphatic carbocycles. The van der Waals surface area contributed by atoms with Crippen molar-refractivity contribution in [1.82, 2.24) is 0 Å². The molecule has 0 saturated heterocycles. The van der Waals surface area contributed by atoms with Crippen LogP contribution in [0.25, 0.3) is 0 Å². The summed E-state index contributed by atoms with van der Waals surface area (Å²) < 4.78 is 0. The SMILES string of the molecule is CCCCCCCCSP(O)(=S)CCCC. The predicted molar refractivity (Wildman–Crippen MR) is 82.1 cm³/mol. The van der Waals surface area contributed by atoms with Crippen molar-refractivity contribution in [2.24, 2.45) is 0 Å². The standard InChI is InChI=1S/C12H27OPS2/c1-3-5-7-8-9-10-12-16-14(13,15)11-6-4-2/h3-12H2,1-2H3,(H,13,15). The molecule has 1 atom stereocenters. The van der Waals surface area contributed by atoms with E-state index in [9.17, 15) is 4.89 Å². The number of unbranched alkanes of at least 4 members (excludes halogenated alkanes) is 6. The maximum atomic E-state index is 9.98. The molecule has 0 rings (SSSR count). The van der Waals surface area contributed by atoms with E-state index < -0.39 is 5.47 Å². The number of rotatable bonds is 11. The third-order valence-corrected chi connectivity index (χ3v) is 8.14. The van der Waals surface area contributed by atoms with Crippen LogP contribution in [-0.4, -0.2) is 16.8 Å². The van der Waals surface area contributed by atoms with E-state index >= 15 is 0 Å². The maximum Gasteiger partial charge on any atom is 0.116 e. The van der Waals surface area contributed by atoms with Gasteiger partial charge in [0.1, 0.15) is 5.47 Å². The molecule has 0 heterocycles. The van der Waals surface area contributed by atoms with Gasteiger partial charge >= 0.3 is 0 Å². The summed E-state index contributed by atoms with van der Waals surface area (Å²) in [5.41, 5.74) is -2.02. The Morgan fingerprint density at radius 1 is 0.938 bits per heavy atom. The zero-order valence-corrected chi connectivity index (χ0v) is 13.3. The lowest BCUT2D eigenvalue weighted by molar-refractivity contribution is 0.625. The maximum absolute atomic E-state index is 9.98. The Bertz CT molecular complexity index is 197. The van der Waals surface area contributed by atoms with Gasteiger partial charge in [-0.15, -0.1) is 0 Å². The molecule has 0 amide bonds. The average molecular weight is 282 g/mol. The Labute approximate surface area is 111 Å². The molecule has 4 heteroatoms. The van der Waals surface area contributed by atoms with E-state index in [1.807, 2.05) is 0 Å². The van der Waals surface area contributed by atoms with Gasteiger partial charge in [0.15, 0.2) is 0 Å². The summed E-state index contributed by atoms with van der Waals surface area (Å²) in [6, 6.07) is 0. The Balaban J connectivity index is 3.32. The molecule has 0 aromatic rings. The number of hydrogen-bond donors (Lipinski definition) is 1. The van der Waals surface area contributed by atoms with Gasteiger partial charge in [-0.2, -0.15) is 0 Å². The first-order chi connectivity index (χ1) is 7.62. The van der Waals surface area contributed by atoms with Crippen molar-refractivity contribution in [1.29, 1.82) is 0 Å². The second kappa shape index (κ2) is 11.1. The van der Waals surface area contributed by atoms with E-state index in [-0.39, 0.29) is 0 Å². The molecule has 0 bridgehead atoms. The summed E-state index contributed by atoms with van der Waals surface area (Å²) >= 11 is 6.92. The first kappa shape index (κ1) is 17.0. The lowest BCUT2D eigenvalue weighted by Gasteiger charge is -2.13. The molecular formula is C12H27OPS2. The lowest BCUT2D eigenvalue weighted by atomic mass is 10.1. The fourth-order valence-electron chi connectivity index (χ4n) is 1.51. The molecule has 0 aromatic carbocycles. The van der Waals surface area contributed by atoms with Crippen molar-refractivity contribution in [2.45, 2.75) is 65.2 Å². The van der Waals surface area contributed by atoms with E-state index in [1.165, 1.54) is 38.5 Å². The molecule has 0 saturated carbocycles. The normalized spacial score (nSPS) is 14.9. The van der Waals surface area contributed by atoms with E-state index in [0.29, 0.717) is 0 Å². The molecule has 1 unspecified atom stereocenters. The zero-order chi connectivity index (χ0) is 12.3. The molecule has 98 valence electrons. The van der Waals surface area contributed by atoms with Crippen LogP contribution in [0.3, 0.4) is 0 Å². The van der Waals surface area contributed by atoms with Crippen LogP contribution >= 0.6 is 16.8 Å². The van der Waals surface area contributed by atoms with E-state index in [2.05, 4.69) is 13.8 Å². The second-order valence-electron chi connectivity index (χ2n) is 4.32. The van der Waals surface area contributed by atoms with Gasteiger partial charge in [0, 0.05) is 11.9 Å². The quantitative estimate of drug-likeness (QED) is 0.416. The van der Waals surface area contributed by atoms with Crippen LogP contribution < -0.4 is 0 Å². The third-order valence-electron chi connectivity index (χ3n) is 2.59. The summed E-state index contributed by atoms with van der Waals surface area (Å²) in [7, 11) is 0. The second-order valence-corrected chi connectivity index (χ2v) is 11.8. The minimum Gasteiger partial charge on any atom is -0.357 e. The van der Waals surface area contributed by atoms with Crippen LogP contribution in [0, 0.1) is 0 Å². The molecule has 1 nitrogen and oxygen atoms in total. The Hall–Kier alpha value is 0.960. The molecule has 0 radical (unpaired) electrons. The van der Waals surface area contributed by atoms with Crippen molar-refractivity contribution < 1.29 is 4.89 Å². The largest absolute Gasteiger partial charge is 0.357 e. The van der Waals surface area contributed by atoms with Gasteiger partial charge in [0.05, 0.1) is 0 Å². The van der Waals surface area contributed by atoms with Crippen molar-refractivity contribution in [3.05, 3.63) is 0 Å². The summed E-state index contributed by atoms with van der Waals surface area (Å²) in [5, 5.41) is 0. The highest BCUT2D eigenvalue weighted by molar-refractivity contribution is 8.69. The minimum absolute atomic E-state index is 0.860. The van der Waals surface area contributed by atoms with Gasteiger partial charge < -0.3 is 4.89 Å². The van der Waals surface area contributed by atoms with E-state index in [4.69, 9.17) is 11.8 Å². The van der Waals surface area contributed by atoms with Crippen LogP contribution in [0.2, 0.25) is 0 Å². The molecule has 0 aromatic heterocycles. The van der Waals surface area contributed by atoms with Crippen LogP contribution in [-0.2, 0) is 11.8 Å². The molecule has 16 heavy (non-hydrogen) atoms. The van der Waals surface area contributed by atoms with Gasteiger partial charge in [-0.1, -0.05) is 75.6 Å². The minimum atomic E-state index is -2.02. The number of hydrogen-bond acceptors (Lipinski definition) is 2. The van der Waals surface area contributed by atoms with Gasteiger partial charge in [-0.25, -0.2) is 0 Å². The molecule has 0 aliphatic heterocycles. The zero-order valence-electron chi connectivity index (χ0n) is 10.8. The fraction of sp³-hybridized carbons (Fsp3) is 1.00. The monoisotopic (exact) mass is 282 g/mol. The Morgan fingerprint density at radius 2 is 1.50 bits per heavy atom. The van der Waals surface area contributed by atoms with Gasteiger partial charge in [0.25, 0.3) is 0 Å². The predicted octanol–water partition coefficient (Wildman–Crippen LogP) is 5.18. The van der Waals surface area contributed by atoms with Gasteiger partial charge in [-0.3, -0.25) is 0 Å². The van der Waals surface area contributed by atoms with Crippen LogP contribution in [0.5, 0.6) is 0 Å². The highest BCUT2D eigenvalue weighted by Crippen LogP contribution is 2.55. The van der Waals surface area contributed by atoms with Gasteiger partial charge in [0.2, 0.25) is 0 Å². The first-order valence-electron chi connectivity index (χ1n) is 6.58. The summed E-state index contributed by atoms with van der Waals surface area (Å²) in [5.74, 6) is 1.06. The molecule has 1 N–H and O–H groups in total. The van der Waals surface area contributed by atoms with Crippen molar-refractivity contribution in [3.8, 4) is 0 Å². The fourth-order valence-corrected chi connectivity index (χ4v) is 6.05. The smallest absolute Gasteiger partial charge is 0.116 e. The molecule has 0 fully saturated rings. The Morgan fingerprint density at radius 3 is 2.12 bits per heavy atom. The van der Waals surface area contributed by atoms with Crippen molar-refractivity contribution >= 4 is 28.7 Å². The summed E-state index contributed by atoms with van der Waals surface area (Å²) in [6.07, 6.45) is 11.0. The van der Waals surface area contributed by atoms with Crippen molar-refractivity contribution in [2.75, 3.05) is 11.9 Å². The highest BCUT2D eigenvalue weighted by atomic mass is 32.9. The van der Waals surface area contributed by atoms with Crippen LogP contribution in [0.1, 0.15) is 65.2 Å². The average Bonchev–Trinajstić information content (AvgIpc) is 2.25. The summed E-state index contributed by atoms with van der Waals surface area (Å²) in [6.45, 7) is 4.39. The summed E-state index contributed by atoms with van der Waals surface area (Å²) in [4.78, 5) is 9.98. The Kier molecular flexibility index (Phi) is 11.7. The molecule has 0 aliphatic rings. The molecular weight excluding hydrogens is 255 g/mol. The van der Waals surface area contributed by atoms with Gasteiger partial charge in [-0.05, 0) is 12.8 Å². The van der Waals surface area contributed by atoms with Crippen molar-refractivity contribution in [3.63, 3.8) is 0 Å². The molecule has 0 spiro atoms.